The molecule has 0 unspecified atom stereocenters. The van der Waals surface area contributed by atoms with Crippen LogP contribution in [-0.2, 0) is 0 Å². The first-order chi connectivity index (χ1) is 5.54. The summed E-state index contributed by atoms with van der Waals surface area (Å²) in [6, 6.07) is 2.17. The van der Waals surface area contributed by atoms with Crippen molar-refractivity contribution >= 4 is 21.8 Å². The van der Waals surface area contributed by atoms with Crippen LogP contribution in [0.25, 0.3) is 0 Å². The summed E-state index contributed by atoms with van der Waals surface area (Å²) in [4.78, 5) is 0. The molecule has 0 bridgehead atoms. The van der Waals surface area contributed by atoms with E-state index in [0.717, 1.165) is 6.07 Å². The van der Waals surface area contributed by atoms with Crippen LogP contribution in [0.15, 0.2) is 16.6 Å². The highest BCUT2D eigenvalue weighted by Gasteiger charge is 2.11. The number of benzene rings is 1. The van der Waals surface area contributed by atoms with Crippen molar-refractivity contribution in [1.82, 2.24) is 0 Å². The Hall–Kier alpha value is -0.970. The van der Waals surface area contributed by atoms with Crippen LogP contribution in [0.2, 0.25) is 0 Å². The molecular weight excluding hydrogens is 230 g/mol. The molecule has 0 saturated heterocycles. The molecule has 2 nitrogen and oxygen atoms in total. The number of hydrogen-bond acceptors (Lipinski definition) is 1. The van der Waals surface area contributed by atoms with Gasteiger partial charge in [-0.15, -0.1) is 0 Å². The SMILES string of the molecule is N=C(N)c1ccc(F)c(F)c1Br. The quantitative estimate of drug-likeness (QED) is 0.436. The van der Waals surface area contributed by atoms with Crippen molar-refractivity contribution in [3.05, 3.63) is 33.8 Å². The topological polar surface area (TPSA) is 49.9 Å². The standard InChI is InChI=1S/C7H5BrF2N2/c8-5-3(7(11)12)1-2-4(9)6(5)10/h1-2H,(H3,11,12). The van der Waals surface area contributed by atoms with Crippen molar-refractivity contribution in [2.45, 2.75) is 0 Å². The number of nitrogens with one attached hydrogen (secondary N) is 1. The Balaban J connectivity index is 3.36. The molecule has 12 heavy (non-hydrogen) atoms. The molecule has 1 aromatic rings. The van der Waals surface area contributed by atoms with Crippen LogP contribution in [0.4, 0.5) is 8.78 Å². The molecule has 0 aliphatic heterocycles. The van der Waals surface area contributed by atoms with Gasteiger partial charge >= 0.3 is 0 Å². The van der Waals surface area contributed by atoms with Crippen LogP contribution in [-0.4, -0.2) is 5.84 Å². The van der Waals surface area contributed by atoms with E-state index in [-0.39, 0.29) is 15.9 Å². The second-order valence-electron chi connectivity index (χ2n) is 2.14. The average Bonchev–Trinajstić information content (AvgIpc) is 2.00. The third-order valence-corrected chi connectivity index (χ3v) is 2.10. The van der Waals surface area contributed by atoms with Gasteiger partial charge in [-0.05, 0) is 28.1 Å². The zero-order chi connectivity index (χ0) is 9.30. The van der Waals surface area contributed by atoms with Gasteiger partial charge in [-0.3, -0.25) is 5.41 Å². The molecule has 3 N–H and O–H groups in total. The lowest BCUT2D eigenvalue weighted by atomic mass is 10.2. The number of halogens is 3. The van der Waals surface area contributed by atoms with Gasteiger partial charge < -0.3 is 5.73 Å². The normalized spacial score (nSPS) is 9.92. The predicted octanol–water partition coefficient (Wildman–Crippen LogP) is 2.01. The zero-order valence-corrected chi connectivity index (χ0v) is 7.45. The van der Waals surface area contributed by atoms with Gasteiger partial charge in [0.1, 0.15) is 5.84 Å². The molecule has 0 aliphatic carbocycles. The minimum absolute atomic E-state index is 0.116. The van der Waals surface area contributed by atoms with Gasteiger partial charge in [0.05, 0.1) is 4.47 Å². The maximum absolute atomic E-state index is 12.8. The molecule has 64 valence electrons. The number of amidine groups is 1. The van der Waals surface area contributed by atoms with Crippen LogP contribution >= 0.6 is 15.9 Å². The molecule has 0 atom stereocenters. The summed E-state index contributed by atoms with van der Waals surface area (Å²) in [7, 11) is 0. The van der Waals surface area contributed by atoms with Crippen molar-refractivity contribution in [3.8, 4) is 0 Å². The Bertz CT molecular complexity index is 338. The molecule has 0 heterocycles. The molecule has 0 radical (unpaired) electrons. The van der Waals surface area contributed by atoms with E-state index in [1.54, 1.807) is 0 Å². The molecule has 1 rings (SSSR count). The van der Waals surface area contributed by atoms with Gasteiger partial charge in [0.15, 0.2) is 11.6 Å². The Morgan fingerprint density at radius 3 is 2.50 bits per heavy atom. The lowest BCUT2D eigenvalue weighted by Gasteiger charge is -2.02. The van der Waals surface area contributed by atoms with Gasteiger partial charge in [0, 0.05) is 5.56 Å². The van der Waals surface area contributed by atoms with E-state index < -0.39 is 11.6 Å². The number of nitrogens with two attached hydrogens (primary N) is 1. The van der Waals surface area contributed by atoms with Gasteiger partial charge in [-0.2, -0.15) is 0 Å². The minimum Gasteiger partial charge on any atom is -0.384 e. The Kier molecular flexibility index (Phi) is 2.42. The average molecular weight is 235 g/mol. The van der Waals surface area contributed by atoms with Gasteiger partial charge in [-0.1, -0.05) is 0 Å². The van der Waals surface area contributed by atoms with E-state index in [2.05, 4.69) is 15.9 Å². The van der Waals surface area contributed by atoms with Gasteiger partial charge in [-0.25, -0.2) is 8.78 Å². The number of hydrogen-bond donors (Lipinski definition) is 2. The van der Waals surface area contributed by atoms with Gasteiger partial charge in [0.2, 0.25) is 0 Å². The lowest BCUT2D eigenvalue weighted by molar-refractivity contribution is 0.504. The van der Waals surface area contributed by atoms with Crippen LogP contribution < -0.4 is 5.73 Å². The van der Waals surface area contributed by atoms with Gasteiger partial charge in [0.25, 0.3) is 0 Å². The number of nitrogen functional groups attached to an aromatic ring is 1. The fourth-order valence-electron chi connectivity index (χ4n) is 0.734. The molecule has 0 saturated carbocycles. The Morgan fingerprint density at radius 1 is 1.42 bits per heavy atom. The van der Waals surface area contributed by atoms with E-state index in [1.165, 1.54) is 6.07 Å². The third-order valence-electron chi connectivity index (χ3n) is 1.33. The number of rotatable bonds is 1. The molecule has 0 aliphatic rings. The Morgan fingerprint density at radius 2 is 2.00 bits per heavy atom. The van der Waals surface area contributed by atoms with Crippen molar-refractivity contribution in [2.24, 2.45) is 5.73 Å². The highest BCUT2D eigenvalue weighted by Crippen LogP contribution is 2.22. The van der Waals surface area contributed by atoms with Crippen LogP contribution in [0, 0.1) is 17.0 Å². The monoisotopic (exact) mass is 234 g/mol. The van der Waals surface area contributed by atoms with E-state index in [4.69, 9.17) is 11.1 Å². The third kappa shape index (κ3) is 1.45. The second kappa shape index (κ2) is 3.18. The second-order valence-corrected chi connectivity index (χ2v) is 2.93. The summed E-state index contributed by atoms with van der Waals surface area (Å²) in [5.74, 6) is -2.30. The molecule has 0 fully saturated rings. The highest BCUT2D eigenvalue weighted by atomic mass is 79.9. The lowest BCUT2D eigenvalue weighted by Crippen LogP contribution is -2.12. The molecule has 0 spiro atoms. The van der Waals surface area contributed by atoms with Crippen LogP contribution in [0.1, 0.15) is 5.56 Å². The summed E-state index contributed by atoms with van der Waals surface area (Å²) in [6.45, 7) is 0. The molecule has 1 aromatic carbocycles. The first-order valence-corrected chi connectivity index (χ1v) is 3.81. The Labute approximate surface area is 76.0 Å². The summed E-state index contributed by atoms with van der Waals surface area (Å²) < 4.78 is 25.2. The summed E-state index contributed by atoms with van der Waals surface area (Å²) >= 11 is 2.80. The van der Waals surface area contributed by atoms with E-state index in [9.17, 15) is 8.78 Å². The minimum atomic E-state index is -1.03. The van der Waals surface area contributed by atoms with Crippen molar-refractivity contribution in [2.75, 3.05) is 0 Å². The molecule has 5 heteroatoms. The first-order valence-electron chi connectivity index (χ1n) is 3.02. The largest absolute Gasteiger partial charge is 0.384 e. The fraction of sp³-hybridized carbons (Fsp3) is 0. The van der Waals surface area contributed by atoms with E-state index >= 15 is 0 Å². The van der Waals surface area contributed by atoms with E-state index in [0.29, 0.717) is 0 Å². The van der Waals surface area contributed by atoms with Crippen LogP contribution in [0.3, 0.4) is 0 Å². The zero-order valence-electron chi connectivity index (χ0n) is 5.87. The molecule has 0 aromatic heterocycles. The molecular formula is C7H5BrF2N2. The first kappa shape index (κ1) is 9.12. The predicted molar refractivity (Wildman–Crippen MR) is 45.1 cm³/mol. The van der Waals surface area contributed by atoms with Crippen LogP contribution in [0.5, 0.6) is 0 Å². The summed E-state index contributed by atoms with van der Waals surface area (Å²) in [5, 5.41) is 7.00. The van der Waals surface area contributed by atoms with Crippen molar-refractivity contribution in [1.29, 1.82) is 5.41 Å². The summed E-state index contributed by atoms with van der Waals surface area (Å²) in [5.41, 5.74) is 5.24. The molecule has 0 amide bonds. The smallest absolute Gasteiger partial charge is 0.173 e. The van der Waals surface area contributed by atoms with Crippen molar-refractivity contribution in [3.63, 3.8) is 0 Å². The highest BCUT2D eigenvalue weighted by molar-refractivity contribution is 9.10. The van der Waals surface area contributed by atoms with E-state index in [1.807, 2.05) is 0 Å². The summed E-state index contributed by atoms with van der Waals surface area (Å²) in [6.07, 6.45) is 0. The van der Waals surface area contributed by atoms with Crippen molar-refractivity contribution < 1.29 is 8.78 Å². The maximum atomic E-state index is 12.8. The fourth-order valence-corrected chi connectivity index (χ4v) is 1.27. The maximum Gasteiger partial charge on any atom is 0.173 e.